The molecule has 1 aliphatic rings. The molecule has 1 atom stereocenters. The van der Waals surface area contributed by atoms with Crippen molar-refractivity contribution in [3.63, 3.8) is 0 Å². The quantitative estimate of drug-likeness (QED) is 0.215. The summed E-state index contributed by atoms with van der Waals surface area (Å²) in [5.41, 5.74) is 2.17. The van der Waals surface area contributed by atoms with Crippen LogP contribution in [0, 0.1) is 18.2 Å². The van der Waals surface area contributed by atoms with Crippen LogP contribution in [0.4, 0.5) is 4.39 Å². The summed E-state index contributed by atoms with van der Waals surface area (Å²) in [6, 6.07) is 19.4. The molecule has 212 valence electrons. The Balaban J connectivity index is 1.74. The molecule has 0 bridgehead atoms. The standard InChI is InChI=1S/C33H27FN2O5S/c1-4-18-41-25-17-12-21(19-26(25)39-5-2)20-27-31(37)36-30(23-13-15-24(34)16-14-23)28(32(38)40-6-3)29(35-33(36)42-27)22-10-8-7-9-11-22/h1,7-17,19-20,30H,5-6,18H2,2-3H3. The highest BCUT2D eigenvalue weighted by Crippen LogP contribution is 2.35. The highest BCUT2D eigenvalue weighted by molar-refractivity contribution is 7.07. The molecule has 7 nitrogen and oxygen atoms in total. The van der Waals surface area contributed by atoms with Crippen LogP contribution in [0.5, 0.6) is 11.5 Å². The van der Waals surface area contributed by atoms with Crippen molar-refractivity contribution in [2.75, 3.05) is 19.8 Å². The number of esters is 1. The second-order valence-corrected chi connectivity index (χ2v) is 10.1. The Morgan fingerprint density at radius 2 is 1.81 bits per heavy atom. The van der Waals surface area contributed by atoms with Crippen LogP contribution in [0.25, 0.3) is 11.8 Å². The summed E-state index contributed by atoms with van der Waals surface area (Å²) in [6.45, 7) is 4.20. The van der Waals surface area contributed by atoms with Crippen molar-refractivity contribution in [3.05, 3.63) is 121 Å². The third-order valence-corrected chi connectivity index (χ3v) is 7.42. The minimum atomic E-state index is -0.892. The van der Waals surface area contributed by atoms with Crippen LogP contribution in [-0.4, -0.2) is 30.4 Å². The molecule has 9 heteroatoms. The fourth-order valence-corrected chi connectivity index (χ4v) is 5.67. The molecule has 0 saturated heterocycles. The Kier molecular flexibility index (Phi) is 8.65. The van der Waals surface area contributed by atoms with Gasteiger partial charge in [-0.25, -0.2) is 14.2 Å². The normalized spacial score (nSPS) is 14.5. The number of hydrogen-bond donors (Lipinski definition) is 0. The van der Waals surface area contributed by atoms with E-state index in [0.717, 1.165) is 0 Å². The van der Waals surface area contributed by atoms with E-state index >= 15 is 0 Å². The number of hydrogen-bond acceptors (Lipinski definition) is 7. The summed E-state index contributed by atoms with van der Waals surface area (Å²) < 4.78 is 32.6. The van der Waals surface area contributed by atoms with Crippen LogP contribution in [0.3, 0.4) is 0 Å². The monoisotopic (exact) mass is 582 g/mol. The molecule has 0 radical (unpaired) electrons. The number of aromatic nitrogens is 1. The third-order valence-electron chi connectivity index (χ3n) is 6.44. The Morgan fingerprint density at radius 3 is 2.50 bits per heavy atom. The number of halogens is 1. The van der Waals surface area contributed by atoms with Crippen molar-refractivity contribution in [1.82, 2.24) is 4.57 Å². The van der Waals surface area contributed by atoms with Gasteiger partial charge < -0.3 is 14.2 Å². The molecule has 0 spiro atoms. The molecule has 5 rings (SSSR count). The van der Waals surface area contributed by atoms with Crippen molar-refractivity contribution in [2.45, 2.75) is 19.9 Å². The summed E-state index contributed by atoms with van der Waals surface area (Å²) in [7, 11) is 0. The van der Waals surface area contributed by atoms with Gasteiger partial charge in [-0.15, -0.1) is 6.42 Å². The molecule has 0 N–H and O–H groups in total. The van der Waals surface area contributed by atoms with E-state index in [1.54, 1.807) is 43.3 Å². The topological polar surface area (TPSA) is 79.1 Å². The van der Waals surface area contributed by atoms with Crippen molar-refractivity contribution in [3.8, 4) is 23.8 Å². The summed E-state index contributed by atoms with van der Waals surface area (Å²) in [5, 5.41) is 0. The first-order valence-electron chi connectivity index (χ1n) is 13.3. The Hall–Kier alpha value is -4.94. The minimum Gasteiger partial charge on any atom is -0.490 e. The second-order valence-electron chi connectivity index (χ2n) is 9.12. The zero-order valence-electron chi connectivity index (χ0n) is 23.0. The van der Waals surface area contributed by atoms with Gasteiger partial charge in [0.2, 0.25) is 0 Å². The molecule has 4 aromatic rings. The maximum Gasteiger partial charge on any atom is 0.338 e. The molecule has 1 unspecified atom stereocenters. The number of terminal acetylenes is 1. The Labute approximate surface area is 245 Å². The predicted molar refractivity (Wildman–Crippen MR) is 159 cm³/mol. The van der Waals surface area contributed by atoms with E-state index in [4.69, 9.17) is 25.6 Å². The van der Waals surface area contributed by atoms with E-state index in [1.165, 1.54) is 28.0 Å². The molecule has 3 aromatic carbocycles. The molecule has 0 aliphatic carbocycles. The lowest BCUT2D eigenvalue weighted by atomic mass is 9.93. The van der Waals surface area contributed by atoms with E-state index in [2.05, 4.69) is 5.92 Å². The molecule has 1 aliphatic heterocycles. The SMILES string of the molecule is C#CCOc1ccc(C=c2sc3n(c2=O)C(c2ccc(F)cc2)C(C(=O)OCC)=C(c2ccccc2)N=3)cc1OCC. The largest absolute Gasteiger partial charge is 0.490 e. The van der Waals surface area contributed by atoms with Gasteiger partial charge in [0.1, 0.15) is 12.4 Å². The van der Waals surface area contributed by atoms with Gasteiger partial charge in [0.15, 0.2) is 16.3 Å². The van der Waals surface area contributed by atoms with Crippen LogP contribution >= 0.6 is 11.3 Å². The predicted octanol–water partition coefficient (Wildman–Crippen LogP) is 4.49. The summed E-state index contributed by atoms with van der Waals surface area (Å²) in [6.07, 6.45) is 7.06. The second kappa shape index (κ2) is 12.7. The van der Waals surface area contributed by atoms with Crippen LogP contribution in [0.15, 0.2) is 88.2 Å². The van der Waals surface area contributed by atoms with Crippen LogP contribution < -0.4 is 24.4 Å². The van der Waals surface area contributed by atoms with E-state index in [9.17, 15) is 14.0 Å². The van der Waals surface area contributed by atoms with Gasteiger partial charge >= 0.3 is 5.97 Å². The number of thiazole rings is 1. The number of fused-ring (bicyclic) bond motifs is 1. The molecule has 0 fully saturated rings. The fraction of sp³-hybridized carbons (Fsp3) is 0.182. The van der Waals surface area contributed by atoms with Crippen LogP contribution in [0.1, 0.15) is 36.6 Å². The molecular weight excluding hydrogens is 555 g/mol. The first kappa shape index (κ1) is 28.6. The van der Waals surface area contributed by atoms with Gasteiger partial charge in [-0.05, 0) is 55.3 Å². The van der Waals surface area contributed by atoms with Gasteiger partial charge in [0.25, 0.3) is 5.56 Å². The molecule has 2 heterocycles. The molecular formula is C33H27FN2O5S. The lowest BCUT2D eigenvalue weighted by Crippen LogP contribution is -2.40. The number of ether oxygens (including phenoxy) is 3. The lowest BCUT2D eigenvalue weighted by molar-refractivity contribution is -0.138. The Morgan fingerprint density at radius 1 is 1.05 bits per heavy atom. The zero-order valence-corrected chi connectivity index (χ0v) is 23.8. The van der Waals surface area contributed by atoms with Crippen LogP contribution in [-0.2, 0) is 9.53 Å². The van der Waals surface area contributed by atoms with Crippen LogP contribution in [0.2, 0.25) is 0 Å². The zero-order chi connectivity index (χ0) is 29.6. The van der Waals surface area contributed by atoms with E-state index in [-0.39, 0.29) is 24.3 Å². The van der Waals surface area contributed by atoms with E-state index in [0.29, 0.717) is 49.8 Å². The minimum absolute atomic E-state index is 0.0912. The number of benzene rings is 3. The maximum absolute atomic E-state index is 14.0. The molecule has 1 aromatic heterocycles. The summed E-state index contributed by atoms with van der Waals surface area (Å²) in [4.78, 5) is 32.7. The number of rotatable bonds is 9. The highest BCUT2D eigenvalue weighted by Gasteiger charge is 2.35. The average molecular weight is 583 g/mol. The van der Waals surface area contributed by atoms with E-state index < -0.39 is 17.8 Å². The fourth-order valence-electron chi connectivity index (χ4n) is 4.67. The van der Waals surface area contributed by atoms with Gasteiger partial charge in [-0.2, -0.15) is 0 Å². The van der Waals surface area contributed by atoms with Gasteiger partial charge in [-0.3, -0.25) is 9.36 Å². The number of carbonyl (C=O) groups excluding carboxylic acids is 1. The first-order chi connectivity index (χ1) is 20.4. The number of carbonyl (C=O) groups is 1. The van der Waals surface area contributed by atoms with E-state index in [1.807, 2.05) is 37.3 Å². The van der Waals surface area contributed by atoms with Gasteiger partial charge in [0, 0.05) is 5.56 Å². The third kappa shape index (κ3) is 5.76. The lowest BCUT2D eigenvalue weighted by Gasteiger charge is -2.25. The first-order valence-corrected chi connectivity index (χ1v) is 14.1. The van der Waals surface area contributed by atoms with Gasteiger partial charge in [0.05, 0.1) is 35.1 Å². The molecule has 0 saturated carbocycles. The average Bonchev–Trinajstić information content (AvgIpc) is 3.31. The van der Waals surface area contributed by atoms with Crippen molar-refractivity contribution < 1.29 is 23.4 Å². The Bertz CT molecular complexity index is 1870. The summed E-state index contributed by atoms with van der Waals surface area (Å²) in [5.74, 6) is 2.39. The van der Waals surface area contributed by atoms with Crippen molar-refractivity contribution >= 4 is 29.1 Å². The maximum atomic E-state index is 14.0. The number of nitrogens with zero attached hydrogens (tertiary/aromatic N) is 2. The van der Waals surface area contributed by atoms with Crippen molar-refractivity contribution in [1.29, 1.82) is 0 Å². The smallest absolute Gasteiger partial charge is 0.338 e. The molecule has 0 amide bonds. The summed E-state index contributed by atoms with van der Waals surface area (Å²) >= 11 is 1.19. The molecule has 42 heavy (non-hydrogen) atoms. The highest BCUT2D eigenvalue weighted by atomic mass is 32.1. The van der Waals surface area contributed by atoms with Crippen molar-refractivity contribution in [2.24, 2.45) is 4.99 Å². The van der Waals surface area contributed by atoms with Gasteiger partial charge in [-0.1, -0.05) is 65.8 Å².